The fraction of sp³-hybridized carbons (Fsp3) is 1.00. The Balaban J connectivity index is 3.02. The van der Waals surface area contributed by atoms with Gasteiger partial charge in [-0.1, -0.05) is 4.52 Å². The van der Waals surface area contributed by atoms with Crippen molar-refractivity contribution in [3.8, 4) is 0 Å². The molecule has 0 amide bonds. The van der Waals surface area contributed by atoms with E-state index >= 15 is 0 Å². The highest BCUT2D eigenvalue weighted by atomic mass is 31.1. The largest absolute Gasteiger partial charge is 0.697 e. The van der Waals surface area contributed by atoms with Crippen molar-refractivity contribution >= 4 is 8.25 Å². The van der Waals surface area contributed by atoms with E-state index in [2.05, 4.69) is 4.52 Å². The second-order valence-electron chi connectivity index (χ2n) is 3.44. The van der Waals surface area contributed by atoms with Gasteiger partial charge in [0.2, 0.25) is 0 Å². The highest BCUT2D eigenvalue weighted by Crippen LogP contribution is 2.37. The van der Waals surface area contributed by atoms with Crippen LogP contribution < -0.4 is 0 Å². The van der Waals surface area contributed by atoms with Crippen molar-refractivity contribution in [2.24, 2.45) is 0 Å². The minimum absolute atomic E-state index is 1.93. The molecule has 0 aromatic carbocycles. The minimum atomic E-state index is -3.40. The molecular weight excluding hydrogens is 247 g/mol. The van der Waals surface area contributed by atoms with Crippen LogP contribution >= 0.6 is 8.25 Å². The molecule has 1 aliphatic carbocycles. The van der Waals surface area contributed by atoms with Crippen molar-refractivity contribution in [3.05, 3.63) is 0 Å². The lowest BCUT2D eigenvalue weighted by atomic mass is 9.82. The summed E-state index contributed by atoms with van der Waals surface area (Å²) >= 11 is 0. The van der Waals surface area contributed by atoms with Gasteiger partial charge in [-0.05, 0) is 0 Å². The van der Waals surface area contributed by atoms with Gasteiger partial charge in [-0.2, -0.15) is 0 Å². The molecule has 10 heteroatoms. The van der Waals surface area contributed by atoms with Crippen molar-refractivity contribution in [2.45, 2.75) is 36.3 Å². The predicted molar refractivity (Wildman–Crippen MR) is 45.9 cm³/mol. The van der Waals surface area contributed by atoms with Gasteiger partial charge >= 0.3 is 8.25 Å². The zero-order valence-corrected chi connectivity index (χ0v) is 8.68. The maximum absolute atomic E-state index is 10.4. The van der Waals surface area contributed by atoms with Crippen LogP contribution in [0.25, 0.3) is 0 Å². The Labute approximate surface area is 90.1 Å². The highest BCUT2D eigenvalue weighted by molar-refractivity contribution is 7.32. The first-order valence-electron chi connectivity index (χ1n) is 4.19. The van der Waals surface area contributed by atoms with Gasteiger partial charge < -0.3 is 30.6 Å². The van der Waals surface area contributed by atoms with E-state index in [0.717, 1.165) is 0 Å². The maximum atomic E-state index is 10.4. The van der Waals surface area contributed by atoms with Crippen molar-refractivity contribution in [1.82, 2.24) is 0 Å². The van der Waals surface area contributed by atoms with Gasteiger partial charge in [0.15, 0.2) is 0 Å². The predicted octanol–water partition coefficient (Wildman–Crippen LogP) is -3.84. The Morgan fingerprint density at radius 3 is 1.62 bits per heavy atom. The smallest absolute Gasteiger partial charge is 0.387 e. The first kappa shape index (κ1) is 13.8. The van der Waals surface area contributed by atoms with Crippen molar-refractivity contribution < 1.29 is 44.6 Å². The summed E-state index contributed by atoms with van der Waals surface area (Å²) in [6, 6.07) is 0. The number of hydrogen-bond acceptors (Lipinski definition) is 8. The van der Waals surface area contributed by atoms with Crippen molar-refractivity contribution in [1.29, 1.82) is 0 Å². The first-order valence-corrected chi connectivity index (χ1v) is 5.32. The Hall–Kier alpha value is -0.220. The lowest BCUT2D eigenvalue weighted by Gasteiger charge is -2.43. The zero-order valence-electron chi connectivity index (χ0n) is 7.78. The lowest BCUT2D eigenvalue weighted by Crippen LogP contribution is -2.71. The second kappa shape index (κ2) is 4.57. The van der Waals surface area contributed by atoms with Gasteiger partial charge in [0.05, 0.1) is 0 Å². The molecule has 1 saturated carbocycles. The van der Waals surface area contributed by atoms with Gasteiger partial charge in [0.1, 0.15) is 30.5 Å². The van der Waals surface area contributed by atoms with E-state index in [1.165, 1.54) is 0 Å². The fourth-order valence-electron chi connectivity index (χ4n) is 1.47. The molecule has 0 heterocycles. The van der Waals surface area contributed by atoms with Gasteiger partial charge in [-0.15, -0.1) is 4.89 Å². The average Bonchev–Trinajstić information content (AvgIpc) is 2.21. The third kappa shape index (κ3) is 2.09. The Bertz CT molecular complexity index is 267. The quantitative estimate of drug-likeness (QED) is 0.194. The molecule has 16 heavy (non-hydrogen) atoms. The van der Waals surface area contributed by atoms with Crippen molar-refractivity contribution in [3.63, 3.8) is 0 Å². The van der Waals surface area contributed by atoms with E-state index in [9.17, 15) is 30.1 Å². The number of hydrogen-bond donors (Lipinski definition) is 7. The maximum Gasteiger partial charge on any atom is 0.697 e. The molecule has 0 spiro atoms. The molecular formula is C6H12O9P+. The molecule has 3 unspecified atom stereocenters. The molecule has 0 radical (unpaired) electrons. The third-order valence-electron chi connectivity index (χ3n) is 2.42. The molecule has 1 fully saturated rings. The molecule has 0 aromatic heterocycles. The molecule has 7 N–H and O–H groups in total. The topological polar surface area (TPSA) is 168 Å². The van der Waals surface area contributed by atoms with Crippen LogP contribution in [0.3, 0.4) is 0 Å². The van der Waals surface area contributed by atoms with Crippen LogP contribution in [0.15, 0.2) is 0 Å². The second-order valence-corrected chi connectivity index (χ2v) is 4.10. The van der Waals surface area contributed by atoms with Gasteiger partial charge in [-0.3, -0.25) is 0 Å². The average molecular weight is 259 g/mol. The summed E-state index contributed by atoms with van der Waals surface area (Å²) in [5.41, 5.74) is 0. The molecule has 94 valence electrons. The standard InChI is InChI=1S/C6H11O9P/c7-1-2(8)4(10)6(12,15-16(13)14)5(11)3(1)9/h1-5,7-12H/p+1/t1?,2-,3+,4-,5-,6?/m1/s1. The monoisotopic (exact) mass is 259 g/mol. The SMILES string of the molecule is O=[P+](O)OC1(O)[C@H](O)[C@H](O)C(O)[C@H](O)[C@H]1O. The molecule has 0 saturated heterocycles. The Morgan fingerprint density at radius 1 is 0.938 bits per heavy atom. The normalized spacial score (nSPS) is 50.2. The third-order valence-corrected chi connectivity index (χ3v) is 2.87. The minimum Gasteiger partial charge on any atom is -0.387 e. The van der Waals surface area contributed by atoms with E-state index in [1.54, 1.807) is 0 Å². The zero-order chi connectivity index (χ0) is 12.7. The highest BCUT2D eigenvalue weighted by Gasteiger charge is 2.63. The van der Waals surface area contributed by atoms with Crippen LogP contribution in [-0.2, 0) is 9.09 Å². The van der Waals surface area contributed by atoms with Crippen LogP contribution in [-0.4, -0.2) is 71.8 Å². The van der Waals surface area contributed by atoms with Crippen LogP contribution in [0, 0.1) is 0 Å². The molecule has 9 nitrogen and oxygen atoms in total. The summed E-state index contributed by atoms with van der Waals surface area (Å²) in [4.78, 5) is 8.42. The van der Waals surface area contributed by atoms with Crippen LogP contribution in [0.2, 0.25) is 0 Å². The van der Waals surface area contributed by atoms with Crippen LogP contribution in [0.4, 0.5) is 0 Å². The number of rotatable bonds is 2. The number of aliphatic hydroxyl groups excluding tert-OH is 5. The summed E-state index contributed by atoms with van der Waals surface area (Å²) < 4.78 is 14.4. The Kier molecular flexibility index (Phi) is 3.95. The molecule has 1 aliphatic rings. The summed E-state index contributed by atoms with van der Waals surface area (Å²) in [6.45, 7) is 0. The van der Waals surface area contributed by atoms with E-state index < -0.39 is 44.6 Å². The van der Waals surface area contributed by atoms with Crippen molar-refractivity contribution in [2.75, 3.05) is 0 Å². The number of aliphatic hydroxyl groups is 6. The van der Waals surface area contributed by atoms with E-state index in [-0.39, 0.29) is 0 Å². The first-order chi connectivity index (χ1) is 7.21. The fourth-order valence-corrected chi connectivity index (χ4v) is 1.94. The van der Waals surface area contributed by atoms with Crippen LogP contribution in [0.5, 0.6) is 0 Å². The van der Waals surface area contributed by atoms with Gasteiger partial charge in [0.25, 0.3) is 5.79 Å². The molecule has 0 aromatic rings. The summed E-state index contributed by atoms with van der Waals surface area (Å²) in [5.74, 6) is -3.04. The van der Waals surface area contributed by atoms with E-state index in [0.29, 0.717) is 0 Å². The van der Waals surface area contributed by atoms with Crippen LogP contribution in [0.1, 0.15) is 0 Å². The van der Waals surface area contributed by atoms with Gasteiger partial charge in [0, 0.05) is 4.57 Å². The summed E-state index contributed by atoms with van der Waals surface area (Å²) in [7, 11) is -3.40. The summed E-state index contributed by atoms with van der Waals surface area (Å²) in [5, 5.41) is 55.7. The Morgan fingerprint density at radius 2 is 1.31 bits per heavy atom. The molecule has 7 atom stereocenters. The molecule has 0 bridgehead atoms. The lowest BCUT2D eigenvalue weighted by molar-refractivity contribution is -0.333. The van der Waals surface area contributed by atoms with E-state index in [1.807, 2.05) is 0 Å². The molecule has 1 rings (SSSR count). The van der Waals surface area contributed by atoms with E-state index in [4.69, 9.17) is 10.00 Å². The molecule has 0 aliphatic heterocycles. The van der Waals surface area contributed by atoms with Gasteiger partial charge in [-0.25, -0.2) is 0 Å². The summed E-state index contributed by atoms with van der Waals surface area (Å²) in [6.07, 6.45) is -10.5.